The normalized spacial score (nSPS) is 18.9. The SMILES string of the molecule is O=[N+]([O-])c1ccnn1CN1CCCC(c2nc3ccccc3o2)C1. The van der Waals surface area contributed by atoms with E-state index in [4.69, 9.17) is 4.42 Å². The number of piperidine rings is 1. The third-order valence-corrected chi connectivity index (χ3v) is 4.38. The van der Waals surface area contributed by atoms with Crippen LogP contribution in [0.25, 0.3) is 11.1 Å². The summed E-state index contributed by atoms with van der Waals surface area (Å²) in [7, 11) is 0. The molecule has 3 aromatic rings. The highest BCUT2D eigenvalue weighted by Crippen LogP contribution is 2.29. The van der Waals surface area contributed by atoms with Crippen LogP contribution in [0.5, 0.6) is 0 Å². The number of rotatable bonds is 4. The summed E-state index contributed by atoms with van der Waals surface area (Å²) < 4.78 is 7.31. The van der Waals surface area contributed by atoms with Gasteiger partial charge in [-0.3, -0.25) is 4.90 Å². The van der Waals surface area contributed by atoms with Gasteiger partial charge in [0.1, 0.15) is 5.52 Å². The predicted octanol–water partition coefficient (Wildman–Crippen LogP) is 2.77. The van der Waals surface area contributed by atoms with Crippen molar-refractivity contribution in [2.75, 3.05) is 13.1 Å². The maximum atomic E-state index is 11.0. The molecule has 8 heteroatoms. The van der Waals surface area contributed by atoms with Gasteiger partial charge in [0.15, 0.2) is 18.1 Å². The van der Waals surface area contributed by atoms with Crippen molar-refractivity contribution < 1.29 is 9.34 Å². The van der Waals surface area contributed by atoms with Crippen LogP contribution in [-0.2, 0) is 6.67 Å². The summed E-state index contributed by atoms with van der Waals surface area (Å²) in [5, 5.41) is 15.1. The number of aromatic nitrogens is 3. The van der Waals surface area contributed by atoms with Crippen molar-refractivity contribution >= 4 is 16.9 Å². The molecule has 1 saturated heterocycles. The van der Waals surface area contributed by atoms with Gasteiger partial charge >= 0.3 is 5.82 Å². The number of benzene rings is 1. The number of nitrogens with zero attached hydrogens (tertiary/aromatic N) is 5. The highest BCUT2D eigenvalue weighted by molar-refractivity contribution is 5.72. The van der Waals surface area contributed by atoms with Gasteiger partial charge in [-0.1, -0.05) is 17.2 Å². The number of para-hydroxylation sites is 2. The zero-order chi connectivity index (χ0) is 16.5. The van der Waals surface area contributed by atoms with E-state index in [2.05, 4.69) is 15.0 Å². The molecule has 1 aromatic carbocycles. The number of likely N-dealkylation sites (tertiary alicyclic amines) is 1. The molecule has 1 unspecified atom stereocenters. The molecule has 0 amide bonds. The van der Waals surface area contributed by atoms with E-state index in [1.165, 1.54) is 16.9 Å². The van der Waals surface area contributed by atoms with E-state index in [1.807, 2.05) is 24.3 Å². The van der Waals surface area contributed by atoms with Crippen LogP contribution in [0.1, 0.15) is 24.7 Å². The lowest BCUT2D eigenvalue weighted by molar-refractivity contribution is -0.393. The van der Waals surface area contributed by atoms with E-state index in [0.29, 0.717) is 6.67 Å². The Morgan fingerprint density at radius 1 is 1.33 bits per heavy atom. The van der Waals surface area contributed by atoms with Gasteiger partial charge in [0.25, 0.3) is 0 Å². The first-order valence-corrected chi connectivity index (χ1v) is 7.95. The molecule has 0 bridgehead atoms. The Morgan fingerprint density at radius 2 is 2.21 bits per heavy atom. The molecule has 0 spiro atoms. The molecule has 0 aliphatic carbocycles. The Bertz CT molecular complexity index is 838. The van der Waals surface area contributed by atoms with Crippen LogP contribution < -0.4 is 0 Å². The summed E-state index contributed by atoms with van der Waals surface area (Å²) in [5.41, 5.74) is 1.67. The van der Waals surface area contributed by atoms with Crippen LogP contribution in [0.15, 0.2) is 40.9 Å². The lowest BCUT2D eigenvalue weighted by atomic mass is 9.98. The third-order valence-electron chi connectivity index (χ3n) is 4.38. The topological polar surface area (TPSA) is 90.2 Å². The number of nitro groups is 1. The van der Waals surface area contributed by atoms with Gasteiger partial charge in [-0.25, -0.2) is 4.98 Å². The van der Waals surface area contributed by atoms with Gasteiger partial charge in [0, 0.05) is 19.0 Å². The number of oxazole rings is 1. The first-order valence-electron chi connectivity index (χ1n) is 7.95. The van der Waals surface area contributed by atoms with E-state index >= 15 is 0 Å². The zero-order valence-electron chi connectivity index (χ0n) is 13.0. The van der Waals surface area contributed by atoms with Crippen molar-refractivity contribution in [3.05, 3.63) is 52.5 Å². The van der Waals surface area contributed by atoms with E-state index in [0.717, 1.165) is 42.9 Å². The molecule has 1 fully saturated rings. The van der Waals surface area contributed by atoms with Gasteiger partial charge in [-0.15, -0.1) is 4.68 Å². The largest absolute Gasteiger partial charge is 0.440 e. The Balaban J connectivity index is 1.51. The van der Waals surface area contributed by atoms with E-state index in [-0.39, 0.29) is 11.7 Å². The molecule has 1 atom stereocenters. The fourth-order valence-electron chi connectivity index (χ4n) is 3.23. The van der Waals surface area contributed by atoms with Gasteiger partial charge in [-0.2, -0.15) is 0 Å². The monoisotopic (exact) mass is 327 g/mol. The van der Waals surface area contributed by atoms with Crippen LogP contribution in [-0.4, -0.2) is 37.7 Å². The standard InChI is InChI=1S/C16H17N5O3/c22-21(23)15-7-8-17-20(15)11-19-9-3-4-12(10-19)16-18-13-5-1-2-6-14(13)24-16/h1-2,5-8,12H,3-4,9-11H2. The Morgan fingerprint density at radius 3 is 3.04 bits per heavy atom. The molecule has 3 heterocycles. The van der Waals surface area contributed by atoms with Gasteiger partial charge in [0.2, 0.25) is 0 Å². The van der Waals surface area contributed by atoms with Crippen molar-refractivity contribution in [2.24, 2.45) is 0 Å². The van der Waals surface area contributed by atoms with Crippen LogP contribution in [0.3, 0.4) is 0 Å². The molecule has 0 N–H and O–H groups in total. The number of fused-ring (bicyclic) bond motifs is 1. The van der Waals surface area contributed by atoms with Gasteiger partial charge in [-0.05, 0) is 29.9 Å². The lowest BCUT2D eigenvalue weighted by Crippen LogP contribution is -2.36. The van der Waals surface area contributed by atoms with Crippen LogP contribution >= 0.6 is 0 Å². The van der Waals surface area contributed by atoms with Gasteiger partial charge in [0.05, 0.1) is 12.3 Å². The first kappa shape index (κ1) is 14.8. The average molecular weight is 327 g/mol. The van der Waals surface area contributed by atoms with E-state index < -0.39 is 4.92 Å². The summed E-state index contributed by atoms with van der Waals surface area (Å²) in [5.74, 6) is 0.954. The minimum absolute atomic E-state index is 0.0129. The zero-order valence-corrected chi connectivity index (χ0v) is 13.0. The highest BCUT2D eigenvalue weighted by Gasteiger charge is 2.27. The van der Waals surface area contributed by atoms with Crippen molar-refractivity contribution in [2.45, 2.75) is 25.4 Å². The minimum atomic E-state index is -0.408. The molecule has 24 heavy (non-hydrogen) atoms. The number of hydrogen-bond donors (Lipinski definition) is 0. The van der Waals surface area contributed by atoms with Gasteiger partial charge < -0.3 is 14.5 Å². The van der Waals surface area contributed by atoms with Crippen molar-refractivity contribution in [3.63, 3.8) is 0 Å². The molecule has 124 valence electrons. The van der Waals surface area contributed by atoms with Crippen molar-refractivity contribution in [3.8, 4) is 0 Å². The maximum absolute atomic E-state index is 11.0. The molecule has 0 saturated carbocycles. The summed E-state index contributed by atoms with van der Waals surface area (Å²) in [6, 6.07) is 9.15. The fraction of sp³-hybridized carbons (Fsp3) is 0.375. The maximum Gasteiger partial charge on any atom is 0.346 e. The molecule has 0 radical (unpaired) electrons. The quantitative estimate of drug-likeness (QED) is 0.540. The average Bonchev–Trinajstić information content (AvgIpc) is 3.21. The molecular weight excluding hydrogens is 310 g/mol. The van der Waals surface area contributed by atoms with Crippen LogP contribution in [0, 0.1) is 10.1 Å². The Kier molecular flexibility index (Phi) is 3.73. The summed E-state index contributed by atoms with van der Waals surface area (Å²) >= 11 is 0. The first-order chi connectivity index (χ1) is 11.7. The summed E-state index contributed by atoms with van der Waals surface area (Å²) in [6.07, 6.45) is 3.46. The molecule has 4 rings (SSSR count). The molecule has 1 aliphatic rings. The second-order valence-corrected chi connectivity index (χ2v) is 6.02. The molecule has 2 aromatic heterocycles. The molecular formula is C16H17N5O3. The number of hydrogen-bond acceptors (Lipinski definition) is 6. The van der Waals surface area contributed by atoms with Crippen LogP contribution in [0.2, 0.25) is 0 Å². The molecule has 8 nitrogen and oxygen atoms in total. The smallest absolute Gasteiger partial charge is 0.346 e. The summed E-state index contributed by atoms with van der Waals surface area (Å²) in [4.78, 5) is 17.3. The second-order valence-electron chi connectivity index (χ2n) is 6.02. The molecule has 1 aliphatic heterocycles. The third kappa shape index (κ3) is 2.76. The second kappa shape index (κ2) is 6.04. The minimum Gasteiger partial charge on any atom is -0.440 e. The Labute approximate surface area is 137 Å². The Hall–Kier alpha value is -2.74. The van der Waals surface area contributed by atoms with Crippen LogP contribution in [0.4, 0.5) is 5.82 Å². The van der Waals surface area contributed by atoms with E-state index in [9.17, 15) is 10.1 Å². The van der Waals surface area contributed by atoms with Crippen molar-refractivity contribution in [1.29, 1.82) is 0 Å². The fourth-order valence-corrected chi connectivity index (χ4v) is 3.23. The predicted molar refractivity (Wildman–Crippen MR) is 86.4 cm³/mol. The highest BCUT2D eigenvalue weighted by atomic mass is 16.6. The van der Waals surface area contributed by atoms with Crippen molar-refractivity contribution in [1.82, 2.24) is 19.7 Å². The lowest BCUT2D eigenvalue weighted by Gasteiger charge is -2.29. The van der Waals surface area contributed by atoms with E-state index in [1.54, 1.807) is 0 Å². The summed E-state index contributed by atoms with van der Waals surface area (Å²) in [6.45, 7) is 2.04.